The van der Waals surface area contributed by atoms with Gasteiger partial charge in [0, 0.05) is 18.5 Å². The van der Waals surface area contributed by atoms with E-state index in [1.807, 2.05) is 0 Å². The van der Waals surface area contributed by atoms with Gasteiger partial charge in [-0.25, -0.2) is 9.78 Å². The van der Waals surface area contributed by atoms with Crippen LogP contribution in [0.15, 0.2) is 24.3 Å². The Bertz CT molecular complexity index is 783. The van der Waals surface area contributed by atoms with Gasteiger partial charge in [-0.1, -0.05) is 25.8 Å². The molecule has 0 unspecified atom stereocenters. The monoisotopic (exact) mass is 382 g/mol. The lowest BCUT2D eigenvalue weighted by Crippen LogP contribution is -2.24. The number of carbonyl (C=O) groups is 1. The molecule has 0 spiro atoms. The first-order valence-corrected chi connectivity index (χ1v) is 9.17. The molecule has 7 heteroatoms. The molecule has 1 aliphatic heterocycles. The van der Waals surface area contributed by atoms with Gasteiger partial charge in [-0.05, 0) is 55.5 Å². The van der Waals surface area contributed by atoms with Gasteiger partial charge in [-0.3, -0.25) is 0 Å². The van der Waals surface area contributed by atoms with Crippen molar-refractivity contribution < 1.29 is 23.1 Å². The minimum atomic E-state index is -5.08. The highest BCUT2D eigenvalue weighted by molar-refractivity contribution is 5.84. The van der Waals surface area contributed by atoms with E-state index < -0.39 is 12.1 Å². The van der Waals surface area contributed by atoms with Crippen LogP contribution < -0.4 is 4.90 Å². The zero-order chi connectivity index (χ0) is 20.0. The zero-order valence-corrected chi connectivity index (χ0v) is 15.6. The van der Waals surface area contributed by atoms with Crippen LogP contribution >= 0.6 is 0 Å². The number of rotatable bonds is 2. The first kappa shape index (κ1) is 21.0. The molecule has 0 bridgehead atoms. The normalized spacial score (nSPS) is 15.1. The quantitative estimate of drug-likeness (QED) is 0.783. The first-order valence-electron chi connectivity index (χ1n) is 9.17. The Morgan fingerprint density at radius 3 is 2.26 bits per heavy atom. The van der Waals surface area contributed by atoms with Crippen LogP contribution in [0, 0.1) is 6.92 Å². The van der Waals surface area contributed by atoms with Gasteiger partial charge in [0.25, 0.3) is 0 Å². The maximum Gasteiger partial charge on any atom is 0.490 e. The highest BCUT2D eigenvalue weighted by Crippen LogP contribution is 2.25. The third-order valence-electron chi connectivity index (χ3n) is 4.65. The number of anilines is 1. The molecule has 1 saturated heterocycles. The molecule has 4 nitrogen and oxygen atoms in total. The number of carboxylic acid groups (broad SMARTS) is 1. The van der Waals surface area contributed by atoms with Crippen molar-refractivity contribution in [1.82, 2.24) is 4.98 Å². The summed E-state index contributed by atoms with van der Waals surface area (Å²) >= 11 is 0. The van der Waals surface area contributed by atoms with Crippen molar-refractivity contribution in [2.45, 2.75) is 52.1 Å². The van der Waals surface area contributed by atoms with Crippen LogP contribution in [0.2, 0.25) is 0 Å². The summed E-state index contributed by atoms with van der Waals surface area (Å²) in [5.41, 5.74) is 3.89. The fraction of sp³-hybridized carbons (Fsp3) is 0.500. The second kappa shape index (κ2) is 9.06. The van der Waals surface area contributed by atoms with Gasteiger partial charge < -0.3 is 10.0 Å². The first-order chi connectivity index (χ1) is 12.7. The SMILES string of the molecule is CCc1ccc2nc(N3CCCCCC3)cc(C)c2c1.O=C(O)C(F)(F)F. The van der Waals surface area contributed by atoms with Crippen LogP contribution in [-0.4, -0.2) is 35.3 Å². The van der Waals surface area contributed by atoms with Crippen LogP contribution in [0.1, 0.15) is 43.7 Å². The summed E-state index contributed by atoms with van der Waals surface area (Å²) in [5, 5.41) is 8.43. The second-order valence-corrected chi connectivity index (χ2v) is 6.71. The van der Waals surface area contributed by atoms with Crippen LogP contribution in [0.3, 0.4) is 0 Å². The van der Waals surface area contributed by atoms with Crippen molar-refractivity contribution in [2.24, 2.45) is 0 Å². The van der Waals surface area contributed by atoms with E-state index in [9.17, 15) is 13.2 Å². The number of aliphatic carboxylic acids is 1. The van der Waals surface area contributed by atoms with E-state index in [4.69, 9.17) is 14.9 Å². The number of aromatic nitrogens is 1. The van der Waals surface area contributed by atoms with E-state index in [2.05, 4.69) is 43.0 Å². The summed E-state index contributed by atoms with van der Waals surface area (Å²) < 4.78 is 31.7. The van der Waals surface area contributed by atoms with Crippen LogP contribution in [0.25, 0.3) is 10.9 Å². The summed E-state index contributed by atoms with van der Waals surface area (Å²) in [5.74, 6) is -1.59. The van der Waals surface area contributed by atoms with Crippen molar-refractivity contribution in [3.05, 3.63) is 35.4 Å². The summed E-state index contributed by atoms with van der Waals surface area (Å²) in [6.07, 6.45) is 1.33. The highest BCUT2D eigenvalue weighted by atomic mass is 19.4. The Labute approximate surface area is 157 Å². The van der Waals surface area contributed by atoms with Gasteiger partial charge in [-0.2, -0.15) is 13.2 Å². The van der Waals surface area contributed by atoms with E-state index in [-0.39, 0.29) is 0 Å². The number of nitrogens with zero attached hydrogens (tertiary/aromatic N) is 2. The number of fused-ring (bicyclic) bond motifs is 1. The van der Waals surface area contributed by atoms with Crippen molar-refractivity contribution in [3.8, 4) is 0 Å². The molecule has 2 heterocycles. The highest BCUT2D eigenvalue weighted by Gasteiger charge is 2.38. The molecule has 0 saturated carbocycles. The molecule has 1 aromatic carbocycles. The largest absolute Gasteiger partial charge is 0.490 e. The number of halogens is 3. The Hall–Kier alpha value is -2.31. The molecule has 0 aliphatic carbocycles. The molecule has 2 aromatic rings. The Morgan fingerprint density at radius 2 is 1.74 bits per heavy atom. The number of hydrogen-bond acceptors (Lipinski definition) is 3. The smallest absolute Gasteiger partial charge is 0.475 e. The second-order valence-electron chi connectivity index (χ2n) is 6.71. The third-order valence-corrected chi connectivity index (χ3v) is 4.65. The van der Waals surface area contributed by atoms with Gasteiger partial charge in [0.1, 0.15) is 5.82 Å². The number of aryl methyl sites for hydroxylation is 2. The molecule has 0 amide bonds. The summed E-state index contributed by atoms with van der Waals surface area (Å²) in [6.45, 7) is 6.73. The topological polar surface area (TPSA) is 53.4 Å². The van der Waals surface area contributed by atoms with Crippen LogP contribution in [-0.2, 0) is 11.2 Å². The average molecular weight is 382 g/mol. The van der Waals surface area contributed by atoms with Crippen LogP contribution in [0.5, 0.6) is 0 Å². The molecule has 27 heavy (non-hydrogen) atoms. The van der Waals surface area contributed by atoms with E-state index in [0.29, 0.717) is 0 Å². The maximum atomic E-state index is 10.6. The summed E-state index contributed by atoms with van der Waals surface area (Å²) in [7, 11) is 0. The van der Waals surface area contributed by atoms with Gasteiger partial charge in [0.15, 0.2) is 0 Å². The number of alkyl halides is 3. The van der Waals surface area contributed by atoms with Gasteiger partial charge in [0.05, 0.1) is 5.52 Å². The Balaban J connectivity index is 0.000000321. The van der Waals surface area contributed by atoms with E-state index >= 15 is 0 Å². The number of pyridine rings is 1. The standard InChI is InChI=1S/C18H24N2.C2HF3O2/c1-3-15-8-9-17-16(13-15)14(2)12-18(19-17)20-10-6-4-5-7-11-20;3-2(4,5)1(6)7/h8-9,12-13H,3-7,10-11H2,1-2H3;(H,6,7). The molecule has 0 radical (unpaired) electrons. The Morgan fingerprint density at radius 1 is 1.15 bits per heavy atom. The lowest BCUT2D eigenvalue weighted by atomic mass is 10.1. The predicted octanol–water partition coefficient (Wildman–Crippen LogP) is 5.12. The van der Waals surface area contributed by atoms with Gasteiger partial charge in [0.2, 0.25) is 0 Å². The lowest BCUT2D eigenvalue weighted by molar-refractivity contribution is -0.192. The van der Waals surface area contributed by atoms with Gasteiger partial charge in [-0.15, -0.1) is 0 Å². The zero-order valence-electron chi connectivity index (χ0n) is 15.6. The summed E-state index contributed by atoms with van der Waals surface area (Å²) in [4.78, 5) is 16.3. The molecule has 148 valence electrons. The molecule has 1 aliphatic rings. The molecular weight excluding hydrogens is 357 g/mol. The maximum absolute atomic E-state index is 10.6. The van der Waals surface area contributed by atoms with Crippen molar-refractivity contribution in [3.63, 3.8) is 0 Å². The molecule has 3 rings (SSSR count). The van der Waals surface area contributed by atoms with E-state index in [1.165, 1.54) is 48.0 Å². The minimum Gasteiger partial charge on any atom is -0.475 e. The fourth-order valence-corrected chi connectivity index (χ4v) is 3.11. The molecule has 1 fully saturated rings. The van der Waals surface area contributed by atoms with E-state index in [1.54, 1.807) is 0 Å². The number of hydrogen-bond donors (Lipinski definition) is 1. The van der Waals surface area contributed by atoms with E-state index in [0.717, 1.165) is 25.0 Å². The predicted molar refractivity (Wildman–Crippen MR) is 100 cm³/mol. The van der Waals surface area contributed by atoms with Crippen molar-refractivity contribution in [1.29, 1.82) is 0 Å². The van der Waals surface area contributed by atoms with Crippen LogP contribution in [0.4, 0.5) is 19.0 Å². The molecule has 1 N–H and O–H groups in total. The van der Waals surface area contributed by atoms with Gasteiger partial charge >= 0.3 is 12.1 Å². The van der Waals surface area contributed by atoms with Crippen molar-refractivity contribution in [2.75, 3.05) is 18.0 Å². The average Bonchev–Trinajstić information content (AvgIpc) is 2.90. The minimum absolute atomic E-state index is 1.09. The third kappa shape index (κ3) is 5.84. The fourth-order valence-electron chi connectivity index (χ4n) is 3.11. The van der Waals surface area contributed by atoms with Crippen molar-refractivity contribution >= 4 is 22.7 Å². The number of carboxylic acids is 1. The molecule has 1 aromatic heterocycles. The lowest BCUT2D eigenvalue weighted by Gasteiger charge is -2.22. The molecular formula is C20H25F3N2O2. The Kier molecular flexibility index (Phi) is 7.05. The molecule has 0 atom stereocenters. The summed E-state index contributed by atoms with van der Waals surface area (Å²) in [6, 6.07) is 8.96. The number of benzene rings is 1.